The van der Waals surface area contributed by atoms with Crippen molar-refractivity contribution in [3.8, 4) is 11.1 Å². The monoisotopic (exact) mass is 369 g/mol. The van der Waals surface area contributed by atoms with Gasteiger partial charge in [-0.25, -0.2) is 4.39 Å². The lowest BCUT2D eigenvalue weighted by molar-refractivity contribution is 0.0891. The van der Waals surface area contributed by atoms with Crippen molar-refractivity contribution in [2.24, 2.45) is 13.0 Å². The topological polar surface area (TPSA) is 75.6 Å². The summed E-state index contributed by atoms with van der Waals surface area (Å²) in [5.74, 6) is 0.132. The normalized spacial score (nSPS) is 22.9. The van der Waals surface area contributed by atoms with E-state index in [4.69, 9.17) is 0 Å². The van der Waals surface area contributed by atoms with Gasteiger partial charge in [0, 0.05) is 30.7 Å². The van der Waals surface area contributed by atoms with Crippen LogP contribution in [0.5, 0.6) is 0 Å². The Hall–Kier alpha value is -2.70. The molecular formula is C20H24FN5O. The molecule has 0 aliphatic heterocycles. The number of halogens is 1. The van der Waals surface area contributed by atoms with Gasteiger partial charge in [-0.3, -0.25) is 14.6 Å². The summed E-state index contributed by atoms with van der Waals surface area (Å²) in [7, 11) is 1.87. The standard InChI is InChI=1S/C20H24FN5O/c1-20(21)7-5-13(6-8-20)10-22-19(27)18-16-9-14(3-4-17(16)24-25-18)15-11-23-26(2)12-15/h3-4,9,11-13H,5-8,10H2,1-2H3,(H,22,27)(H,24,25). The molecule has 3 aromatic rings. The number of aromatic nitrogens is 4. The summed E-state index contributed by atoms with van der Waals surface area (Å²) in [4.78, 5) is 12.7. The average Bonchev–Trinajstić information content (AvgIpc) is 3.26. The predicted octanol–water partition coefficient (Wildman–Crippen LogP) is 3.61. The number of hydrogen-bond acceptors (Lipinski definition) is 3. The number of H-pyrrole nitrogens is 1. The van der Waals surface area contributed by atoms with E-state index in [0.717, 1.165) is 34.9 Å². The maximum Gasteiger partial charge on any atom is 0.272 e. The number of nitrogens with zero attached hydrogens (tertiary/aromatic N) is 3. The van der Waals surface area contributed by atoms with Gasteiger partial charge >= 0.3 is 0 Å². The lowest BCUT2D eigenvalue weighted by atomic mass is 9.81. The van der Waals surface area contributed by atoms with E-state index in [-0.39, 0.29) is 5.91 Å². The fourth-order valence-electron chi connectivity index (χ4n) is 3.74. The van der Waals surface area contributed by atoms with Gasteiger partial charge < -0.3 is 5.32 Å². The van der Waals surface area contributed by atoms with E-state index in [1.807, 2.05) is 31.4 Å². The number of carbonyl (C=O) groups is 1. The van der Waals surface area contributed by atoms with Gasteiger partial charge in [-0.2, -0.15) is 10.2 Å². The first-order valence-electron chi connectivity index (χ1n) is 9.35. The van der Waals surface area contributed by atoms with Crippen LogP contribution in [-0.4, -0.2) is 38.1 Å². The molecule has 0 bridgehead atoms. The van der Waals surface area contributed by atoms with Gasteiger partial charge in [-0.1, -0.05) is 6.07 Å². The third-order valence-corrected chi connectivity index (χ3v) is 5.52. The second kappa shape index (κ2) is 6.79. The van der Waals surface area contributed by atoms with Gasteiger partial charge in [0.05, 0.1) is 11.7 Å². The van der Waals surface area contributed by atoms with Crippen LogP contribution < -0.4 is 5.32 Å². The van der Waals surface area contributed by atoms with Crippen LogP contribution in [-0.2, 0) is 7.05 Å². The van der Waals surface area contributed by atoms with E-state index in [2.05, 4.69) is 20.6 Å². The van der Waals surface area contributed by atoms with Crippen LogP contribution in [0.25, 0.3) is 22.0 Å². The van der Waals surface area contributed by atoms with Crippen molar-refractivity contribution in [2.45, 2.75) is 38.3 Å². The Morgan fingerprint density at radius 3 is 2.85 bits per heavy atom. The van der Waals surface area contributed by atoms with Crippen molar-refractivity contribution >= 4 is 16.8 Å². The van der Waals surface area contributed by atoms with Crippen molar-refractivity contribution in [1.82, 2.24) is 25.3 Å². The second-order valence-electron chi connectivity index (χ2n) is 7.80. The van der Waals surface area contributed by atoms with Gasteiger partial charge in [0.25, 0.3) is 5.91 Å². The molecule has 0 saturated heterocycles. The Morgan fingerprint density at radius 1 is 1.37 bits per heavy atom. The van der Waals surface area contributed by atoms with Crippen LogP contribution in [0, 0.1) is 5.92 Å². The molecule has 2 aromatic heterocycles. The number of carbonyl (C=O) groups excluding carboxylic acids is 1. The van der Waals surface area contributed by atoms with Crippen LogP contribution in [0.15, 0.2) is 30.6 Å². The maximum absolute atomic E-state index is 13.9. The second-order valence-corrected chi connectivity index (χ2v) is 7.80. The molecule has 1 amide bonds. The first-order chi connectivity index (χ1) is 12.9. The predicted molar refractivity (Wildman–Crippen MR) is 102 cm³/mol. The molecule has 0 unspecified atom stereocenters. The highest BCUT2D eigenvalue weighted by atomic mass is 19.1. The minimum Gasteiger partial charge on any atom is -0.350 e. The Kier molecular flexibility index (Phi) is 4.45. The number of nitrogens with one attached hydrogen (secondary N) is 2. The zero-order chi connectivity index (χ0) is 19.0. The van der Waals surface area contributed by atoms with Crippen molar-refractivity contribution in [3.63, 3.8) is 0 Å². The van der Waals surface area contributed by atoms with E-state index in [9.17, 15) is 9.18 Å². The Labute approximate surface area is 157 Å². The van der Waals surface area contributed by atoms with Crippen LogP contribution in [0.1, 0.15) is 43.1 Å². The molecule has 2 N–H and O–H groups in total. The Bertz CT molecular complexity index is 964. The third-order valence-electron chi connectivity index (χ3n) is 5.52. The summed E-state index contributed by atoms with van der Waals surface area (Å²) in [5, 5.41) is 15.1. The van der Waals surface area contributed by atoms with Crippen LogP contribution in [0.3, 0.4) is 0 Å². The van der Waals surface area contributed by atoms with E-state index < -0.39 is 5.67 Å². The van der Waals surface area contributed by atoms with Crippen molar-refractivity contribution in [3.05, 3.63) is 36.3 Å². The lowest BCUT2D eigenvalue weighted by Gasteiger charge is -2.31. The van der Waals surface area contributed by atoms with Crippen molar-refractivity contribution < 1.29 is 9.18 Å². The van der Waals surface area contributed by atoms with Gasteiger partial charge in [-0.15, -0.1) is 0 Å². The molecule has 1 aromatic carbocycles. The highest BCUT2D eigenvalue weighted by Crippen LogP contribution is 2.34. The summed E-state index contributed by atoms with van der Waals surface area (Å²) in [6.45, 7) is 2.23. The molecule has 4 rings (SSSR count). The number of aromatic amines is 1. The van der Waals surface area contributed by atoms with Gasteiger partial charge in [0.2, 0.25) is 0 Å². The van der Waals surface area contributed by atoms with Gasteiger partial charge in [0.15, 0.2) is 5.69 Å². The molecule has 1 saturated carbocycles. The quantitative estimate of drug-likeness (QED) is 0.738. The summed E-state index contributed by atoms with van der Waals surface area (Å²) < 4.78 is 15.7. The molecule has 1 aliphatic carbocycles. The molecule has 6 nitrogen and oxygen atoms in total. The third kappa shape index (κ3) is 3.72. The average molecular weight is 369 g/mol. The molecule has 1 aliphatic rings. The van der Waals surface area contributed by atoms with E-state index >= 15 is 0 Å². The zero-order valence-electron chi connectivity index (χ0n) is 15.6. The van der Waals surface area contributed by atoms with E-state index in [1.54, 1.807) is 17.8 Å². The highest BCUT2D eigenvalue weighted by molar-refractivity contribution is 6.05. The molecule has 0 spiro atoms. The number of amides is 1. The summed E-state index contributed by atoms with van der Waals surface area (Å²) in [6, 6.07) is 5.86. The molecule has 142 valence electrons. The number of benzene rings is 1. The van der Waals surface area contributed by atoms with Crippen LogP contribution in [0.2, 0.25) is 0 Å². The SMILES string of the molecule is Cn1cc(-c2ccc3[nH]nc(C(=O)NCC4CCC(C)(F)CC4)c3c2)cn1. The van der Waals surface area contributed by atoms with Gasteiger partial charge in [0.1, 0.15) is 5.67 Å². The molecule has 1 fully saturated rings. The number of fused-ring (bicyclic) bond motifs is 1. The Balaban J connectivity index is 1.48. The number of hydrogen-bond donors (Lipinski definition) is 2. The molecular weight excluding hydrogens is 345 g/mol. The van der Waals surface area contributed by atoms with Crippen molar-refractivity contribution in [1.29, 1.82) is 0 Å². The van der Waals surface area contributed by atoms with Gasteiger partial charge in [-0.05, 0) is 56.2 Å². The number of rotatable bonds is 4. The molecule has 0 atom stereocenters. The first-order valence-corrected chi connectivity index (χ1v) is 9.35. The summed E-state index contributed by atoms with van der Waals surface area (Å²) >= 11 is 0. The van der Waals surface area contributed by atoms with Crippen LogP contribution in [0.4, 0.5) is 4.39 Å². The van der Waals surface area contributed by atoms with E-state index in [0.29, 0.717) is 31.0 Å². The lowest BCUT2D eigenvalue weighted by Crippen LogP contribution is -2.34. The fraction of sp³-hybridized carbons (Fsp3) is 0.450. The molecule has 2 heterocycles. The zero-order valence-corrected chi connectivity index (χ0v) is 15.6. The Morgan fingerprint density at radius 2 is 2.15 bits per heavy atom. The van der Waals surface area contributed by atoms with Crippen LogP contribution >= 0.6 is 0 Å². The minimum atomic E-state index is -1.05. The number of aryl methyl sites for hydroxylation is 1. The molecule has 27 heavy (non-hydrogen) atoms. The van der Waals surface area contributed by atoms with E-state index in [1.165, 1.54) is 0 Å². The fourth-order valence-corrected chi connectivity index (χ4v) is 3.74. The molecule has 0 radical (unpaired) electrons. The largest absolute Gasteiger partial charge is 0.350 e. The smallest absolute Gasteiger partial charge is 0.272 e. The maximum atomic E-state index is 13.9. The first kappa shape index (κ1) is 17.7. The molecule has 7 heteroatoms. The highest BCUT2D eigenvalue weighted by Gasteiger charge is 2.30. The summed E-state index contributed by atoms with van der Waals surface area (Å²) in [6.07, 6.45) is 6.46. The number of alkyl halides is 1. The summed E-state index contributed by atoms with van der Waals surface area (Å²) in [5.41, 5.74) is 2.13. The minimum absolute atomic E-state index is 0.196. The van der Waals surface area contributed by atoms with Crippen molar-refractivity contribution in [2.75, 3.05) is 6.54 Å².